The first-order valence-electron chi connectivity index (χ1n) is 7.77. The topological polar surface area (TPSA) is 21.3 Å². The highest BCUT2D eigenvalue weighted by atomic mass is 16.5. The third-order valence-electron chi connectivity index (χ3n) is 3.76. The van der Waals surface area contributed by atoms with E-state index in [1.165, 1.54) is 16.7 Å². The molecule has 2 rings (SSSR count). The van der Waals surface area contributed by atoms with Gasteiger partial charge in [-0.25, -0.2) is 0 Å². The minimum Gasteiger partial charge on any atom is -0.494 e. The van der Waals surface area contributed by atoms with Crippen LogP contribution >= 0.6 is 0 Å². The molecule has 2 aromatic rings. The zero-order chi connectivity index (χ0) is 15.1. The number of benzene rings is 2. The van der Waals surface area contributed by atoms with Gasteiger partial charge < -0.3 is 10.1 Å². The quantitative estimate of drug-likeness (QED) is 0.808. The Bertz CT molecular complexity index is 548. The van der Waals surface area contributed by atoms with E-state index >= 15 is 0 Å². The molecule has 0 aliphatic heterocycles. The normalized spacial score (nSPS) is 12.1. The minimum absolute atomic E-state index is 0.325. The largest absolute Gasteiger partial charge is 0.494 e. The number of aryl methyl sites for hydroxylation is 1. The van der Waals surface area contributed by atoms with Crippen LogP contribution in [0.3, 0.4) is 0 Å². The lowest BCUT2D eigenvalue weighted by molar-refractivity contribution is 0.335. The molecular weight excluding hydrogens is 258 g/mol. The fourth-order valence-corrected chi connectivity index (χ4v) is 2.37. The Balaban J connectivity index is 1.98. The molecule has 2 aromatic carbocycles. The summed E-state index contributed by atoms with van der Waals surface area (Å²) in [5, 5.41) is 3.57. The predicted molar refractivity (Wildman–Crippen MR) is 88.7 cm³/mol. The minimum atomic E-state index is 0.325. The number of hydrogen-bond donors (Lipinski definition) is 1. The van der Waals surface area contributed by atoms with Crippen LogP contribution in [-0.4, -0.2) is 6.61 Å². The van der Waals surface area contributed by atoms with Gasteiger partial charge in [-0.3, -0.25) is 0 Å². The molecule has 21 heavy (non-hydrogen) atoms. The van der Waals surface area contributed by atoms with Crippen molar-refractivity contribution in [1.29, 1.82) is 0 Å². The molecule has 2 nitrogen and oxygen atoms in total. The van der Waals surface area contributed by atoms with Gasteiger partial charge in [-0.15, -0.1) is 0 Å². The van der Waals surface area contributed by atoms with Crippen LogP contribution in [0.4, 0.5) is 0 Å². The Morgan fingerprint density at radius 3 is 2.38 bits per heavy atom. The van der Waals surface area contributed by atoms with Gasteiger partial charge in [0.15, 0.2) is 0 Å². The first-order valence-corrected chi connectivity index (χ1v) is 7.77. The van der Waals surface area contributed by atoms with Crippen molar-refractivity contribution < 1.29 is 4.74 Å². The maximum Gasteiger partial charge on any atom is 0.123 e. The summed E-state index contributed by atoms with van der Waals surface area (Å²) in [6.07, 6.45) is 1.09. The van der Waals surface area contributed by atoms with E-state index in [2.05, 4.69) is 55.6 Å². The standard InChI is InChI=1S/C19H25NO/c1-4-16-10-12-17(13-11-16)15(3)20-14-18-8-6-7-9-19(18)21-5-2/h6-13,15,20H,4-5,14H2,1-3H3. The Morgan fingerprint density at radius 2 is 1.71 bits per heavy atom. The van der Waals surface area contributed by atoms with E-state index in [-0.39, 0.29) is 0 Å². The average Bonchev–Trinajstić information content (AvgIpc) is 2.54. The highest BCUT2D eigenvalue weighted by molar-refractivity contribution is 5.33. The molecule has 0 spiro atoms. The zero-order valence-corrected chi connectivity index (χ0v) is 13.2. The van der Waals surface area contributed by atoms with Crippen LogP contribution in [0, 0.1) is 0 Å². The van der Waals surface area contributed by atoms with E-state index in [4.69, 9.17) is 4.74 Å². The Labute approximate surface area is 128 Å². The van der Waals surface area contributed by atoms with Gasteiger partial charge in [0.1, 0.15) is 5.75 Å². The van der Waals surface area contributed by atoms with Crippen molar-refractivity contribution in [2.24, 2.45) is 0 Å². The lowest BCUT2D eigenvalue weighted by Gasteiger charge is -2.16. The van der Waals surface area contributed by atoms with Crippen molar-refractivity contribution in [1.82, 2.24) is 5.32 Å². The lowest BCUT2D eigenvalue weighted by atomic mass is 10.0. The summed E-state index contributed by atoms with van der Waals surface area (Å²) in [6.45, 7) is 7.91. The molecule has 0 aliphatic rings. The molecule has 0 saturated heterocycles. The summed E-state index contributed by atoms with van der Waals surface area (Å²) in [5.74, 6) is 0.973. The number of ether oxygens (including phenoxy) is 1. The van der Waals surface area contributed by atoms with Crippen molar-refractivity contribution in [2.45, 2.75) is 39.8 Å². The van der Waals surface area contributed by atoms with Crippen LogP contribution < -0.4 is 10.1 Å². The molecule has 0 fully saturated rings. The van der Waals surface area contributed by atoms with Gasteiger partial charge in [0.05, 0.1) is 6.61 Å². The van der Waals surface area contributed by atoms with Crippen molar-refractivity contribution >= 4 is 0 Å². The molecule has 0 saturated carbocycles. The molecule has 0 bridgehead atoms. The second kappa shape index (κ2) is 7.84. The molecule has 2 heteroatoms. The monoisotopic (exact) mass is 283 g/mol. The first kappa shape index (κ1) is 15.6. The molecule has 0 radical (unpaired) electrons. The van der Waals surface area contributed by atoms with Gasteiger partial charge in [0.2, 0.25) is 0 Å². The first-order chi connectivity index (χ1) is 10.2. The summed E-state index contributed by atoms with van der Waals surface area (Å²) >= 11 is 0. The van der Waals surface area contributed by atoms with Crippen molar-refractivity contribution in [3.63, 3.8) is 0 Å². The third kappa shape index (κ3) is 4.33. The van der Waals surface area contributed by atoms with Gasteiger partial charge in [-0.2, -0.15) is 0 Å². The van der Waals surface area contributed by atoms with Gasteiger partial charge in [-0.1, -0.05) is 49.4 Å². The highest BCUT2D eigenvalue weighted by Crippen LogP contribution is 2.20. The van der Waals surface area contributed by atoms with Gasteiger partial charge in [0, 0.05) is 18.2 Å². The molecule has 1 unspecified atom stereocenters. The molecule has 0 heterocycles. The molecule has 0 aliphatic carbocycles. The van der Waals surface area contributed by atoms with Crippen LogP contribution in [0.1, 0.15) is 43.5 Å². The number of hydrogen-bond acceptors (Lipinski definition) is 2. The van der Waals surface area contributed by atoms with Crippen LogP contribution in [-0.2, 0) is 13.0 Å². The average molecular weight is 283 g/mol. The van der Waals surface area contributed by atoms with E-state index in [1.54, 1.807) is 0 Å². The molecule has 112 valence electrons. The molecule has 1 atom stereocenters. The smallest absolute Gasteiger partial charge is 0.123 e. The van der Waals surface area contributed by atoms with E-state index in [0.29, 0.717) is 12.6 Å². The fraction of sp³-hybridized carbons (Fsp3) is 0.368. The van der Waals surface area contributed by atoms with Crippen LogP contribution in [0.15, 0.2) is 48.5 Å². The SMILES string of the molecule is CCOc1ccccc1CNC(C)c1ccc(CC)cc1. The second-order valence-electron chi connectivity index (χ2n) is 5.24. The summed E-state index contributed by atoms with van der Waals surface area (Å²) in [7, 11) is 0. The number of rotatable bonds is 7. The van der Waals surface area contributed by atoms with Gasteiger partial charge >= 0.3 is 0 Å². The van der Waals surface area contributed by atoms with E-state index in [0.717, 1.165) is 18.7 Å². The Kier molecular flexibility index (Phi) is 5.82. The van der Waals surface area contributed by atoms with E-state index in [1.807, 2.05) is 19.1 Å². The second-order valence-corrected chi connectivity index (χ2v) is 5.24. The summed E-state index contributed by atoms with van der Waals surface area (Å²) in [5.41, 5.74) is 3.91. The molecular formula is C19H25NO. The summed E-state index contributed by atoms with van der Waals surface area (Å²) in [6, 6.07) is 17.4. The van der Waals surface area contributed by atoms with E-state index in [9.17, 15) is 0 Å². The van der Waals surface area contributed by atoms with Gasteiger partial charge in [0.25, 0.3) is 0 Å². The predicted octanol–water partition coefficient (Wildman–Crippen LogP) is 4.50. The lowest BCUT2D eigenvalue weighted by Crippen LogP contribution is -2.18. The molecule has 1 N–H and O–H groups in total. The Morgan fingerprint density at radius 1 is 1.00 bits per heavy atom. The van der Waals surface area contributed by atoms with Crippen LogP contribution in [0.2, 0.25) is 0 Å². The maximum atomic E-state index is 5.67. The third-order valence-corrected chi connectivity index (χ3v) is 3.76. The fourth-order valence-electron chi connectivity index (χ4n) is 2.37. The highest BCUT2D eigenvalue weighted by Gasteiger charge is 2.07. The van der Waals surface area contributed by atoms with Crippen molar-refractivity contribution in [3.05, 3.63) is 65.2 Å². The summed E-state index contributed by atoms with van der Waals surface area (Å²) < 4.78 is 5.67. The summed E-state index contributed by atoms with van der Waals surface area (Å²) in [4.78, 5) is 0. The van der Waals surface area contributed by atoms with Crippen molar-refractivity contribution in [3.8, 4) is 5.75 Å². The zero-order valence-electron chi connectivity index (χ0n) is 13.2. The Hall–Kier alpha value is -1.80. The maximum absolute atomic E-state index is 5.67. The number of nitrogens with one attached hydrogen (secondary N) is 1. The molecule has 0 aromatic heterocycles. The molecule has 0 amide bonds. The van der Waals surface area contributed by atoms with Crippen LogP contribution in [0.5, 0.6) is 5.75 Å². The van der Waals surface area contributed by atoms with Gasteiger partial charge in [-0.05, 0) is 37.5 Å². The van der Waals surface area contributed by atoms with Crippen LogP contribution in [0.25, 0.3) is 0 Å². The van der Waals surface area contributed by atoms with E-state index < -0.39 is 0 Å². The van der Waals surface area contributed by atoms with Crippen molar-refractivity contribution in [2.75, 3.05) is 6.61 Å². The number of para-hydroxylation sites is 1.